The molecule has 3 rings (SSSR count). The van der Waals surface area contributed by atoms with Gasteiger partial charge in [0.2, 0.25) is 5.91 Å². The van der Waals surface area contributed by atoms with Gasteiger partial charge < -0.3 is 10.2 Å². The zero-order valence-corrected chi connectivity index (χ0v) is 17.7. The van der Waals surface area contributed by atoms with Crippen molar-refractivity contribution in [1.29, 1.82) is 0 Å². The standard InChI is InChI=1S/C22H33FN4O2/c1-16(2)26-11-13-27(14-12-26)21(28)17-7-9-19(10-8-17)24-22(29)25(3)20-6-4-5-18(23)15-20/h4-6,15-17,19H,7-14H2,1-3H3,(H,24,29). The number of nitrogens with zero attached hydrogens (tertiary/aromatic N) is 3. The molecule has 7 heteroatoms. The first-order valence-corrected chi connectivity index (χ1v) is 10.7. The number of halogens is 1. The Labute approximate surface area is 173 Å². The van der Waals surface area contributed by atoms with Crippen molar-refractivity contribution in [3.05, 3.63) is 30.1 Å². The highest BCUT2D eigenvalue weighted by Gasteiger charge is 2.32. The third-order valence-corrected chi connectivity index (χ3v) is 6.26. The van der Waals surface area contributed by atoms with Crippen LogP contribution in [0.15, 0.2) is 24.3 Å². The van der Waals surface area contributed by atoms with Crippen LogP contribution in [-0.4, -0.2) is 67.0 Å². The summed E-state index contributed by atoms with van der Waals surface area (Å²) in [4.78, 5) is 31.2. The van der Waals surface area contributed by atoms with Crippen LogP contribution in [0, 0.1) is 11.7 Å². The summed E-state index contributed by atoms with van der Waals surface area (Å²) in [5, 5.41) is 3.03. The first-order valence-electron chi connectivity index (χ1n) is 10.7. The second kappa shape index (κ2) is 9.57. The minimum Gasteiger partial charge on any atom is -0.340 e. The molecule has 0 radical (unpaired) electrons. The van der Waals surface area contributed by atoms with E-state index in [4.69, 9.17) is 0 Å². The van der Waals surface area contributed by atoms with E-state index in [1.54, 1.807) is 19.2 Å². The maximum Gasteiger partial charge on any atom is 0.321 e. The van der Waals surface area contributed by atoms with Crippen LogP contribution in [0.4, 0.5) is 14.9 Å². The number of hydrogen-bond donors (Lipinski definition) is 1. The number of benzene rings is 1. The maximum absolute atomic E-state index is 13.4. The van der Waals surface area contributed by atoms with Crippen LogP contribution in [0.2, 0.25) is 0 Å². The Morgan fingerprint density at radius 1 is 1.10 bits per heavy atom. The van der Waals surface area contributed by atoms with Gasteiger partial charge in [-0.25, -0.2) is 9.18 Å². The molecule has 160 valence electrons. The van der Waals surface area contributed by atoms with E-state index in [0.29, 0.717) is 11.7 Å². The summed E-state index contributed by atoms with van der Waals surface area (Å²) in [6, 6.07) is 6.33. The molecule has 0 aromatic heterocycles. The lowest BCUT2D eigenvalue weighted by molar-refractivity contribution is -0.138. The highest BCUT2D eigenvalue weighted by Crippen LogP contribution is 2.27. The molecule has 1 saturated carbocycles. The van der Waals surface area contributed by atoms with Crippen LogP contribution in [0.1, 0.15) is 39.5 Å². The number of urea groups is 1. The third-order valence-electron chi connectivity index (χ3n) is 6.26. The monoisotopic (exact) mass is 404 g/mol. The van der Waals surface area contributed by atoms with Crippen LogP contribution in [-0.2, 0) is 4.79 Å². The highest BCUT2D eigenvalue weighted by molar-refractivity contribution is 5.91. The van der Waals surface area contributed by atoms with Gasteiger partial charge in [-0.3, -0.25) is 14.6 Å². The average Bonchev–Trinajstić information content (AvgIpc) is 2.73. The van der Waals surface area contributed by atoms with E-state index in [9.17, 15) is 14.0 Å². The number of rotatable bonds is 4. The van der Waals surface area contributed by atoms with Crippen molar-refractivity contribution in [3.63, 3.8) is 0 Å². The zero-order valence-electron chi connectivity index (χ0n) is 17.7. The molecular weight excluding hydrogens is 371 g/mol. The second-order valence-electron chi connectivity index (χ2n) is 8.49. The summed E-state index contributed by atoms with van der Waals surface area (Å²) in [6.45, 7) is 7.90. The number of amides is 3. The largest absolute Gasteiger partial charge is 0.340 e. The van der Waals surface area contributed by atoms with Gasteiger partial charge in [-0.05, 0) is 57.7 Å². The third kappa shape index (κ3) is 5.47. The Bertz CT molecular complexity index is 711. The summed E-state index contributed by atoms with van der Waals surface area (Å²) in [5.74, 6) is -0.0276. The molecule has 1 aliphatic carbocycles. The molecule has 1 saturated heterocycles. The quantitative estimate of drug-likeness (QED) is 0.839. The van der Waals surface area contributed by atoms with E-state index in [2.05, 4.69) is 24.1 Å². The molecule has 2 aliphatic rings. The van der Waals surface area contributed by atoms with Crippen molar-refractivity contribution >= 4 is 17.6 Å². The van der Waals surface area contributed by atoms with E-state index >= 15 is 0 Å². The fourth-order valence-corrected chi connectivity index (χ4v) is 4.28. The van der Waals surface area contributed by atoms with Crippen molar-refractivity contribution in [3.8, 4) is 0 Å². The van der Waals surface area contributed by atoms with Gasteiger partial charge in [0.25, 0.3) is 0 Å². The predicted molar refractivity (Wildman–Crippen MR) is 112 cm³/mol. The van der Waals surface area contributed by atoms with E-state index in [0.717, 1.165) is 51.9 Å². The minimum absolute atomic E-state index is 0.0559. The zero-order chi connectivity index (χ0) is 21.0. The second-order valence-corrected chi connectivity index (χ2v) is 8.49. The van der Waals surface area contributed by atoms with Crippen LogP contribution in [0.5, 0.6) is 0 Å². The van der Waals surface area contributed by atoms with Crippen molar-refractivity contribution in [1.82, 2.24) is 15.1 Å². The molecule has 29 heavy (non-hydrogen) atoms. The van der Waals surface area contributed by atoms with E-state index in [1.807, 2.05) is 4.90 Å². The Morgan fingerprint density at radius 3 is 2.34 bits per heavy atom. The van der Waals surface area contributed by atoms with Crippen LogP contribution < -0.4 is 10.2 Å². The molecular formula is C22H33FN4O2. The average molecular weight is 405 g/mol. The van der Waals surface area contributed by atoms with Gasteiger partial charge in [-0.1, -0.05) is 6.07 Å². The Hall–Kier alpha value is -2.15. The summed E-state index contributed by atoms with van der Waals surface area (Å²) < 4.78 is 13.4. The molecule has 0 atom stereocenters. The Morgan fingerprint density at radius 2 is 1.76 bits per heavy atom. The topological polar surface area (TPSA) is 55.9 Å². The summed E-state index contributed by atoms with van der Waals surface area (Å²) in [5.41, 5.74) is 0.520. The molecule has 1 heterocycles. The number of hydrogen-bond acceptors (Lipinski definition) is 3. The summed E-state index contributed by atoms with van der Waals surface area (Å²) in [7, 11) is 1.63. The number of anilines is 1. The molecule has 1 aromatic rings. The SMILES string of the molecule is CC(C)N1CCN(C(=O)C2CCC(NC(=O)N(C)c3cccc(F)c3)CC2)CC1. The van der Waals surface area contributed by atoms with Gasteiger partial charge in [-0.2, -0.15) is 0 Å². The molecule has 0 bridgehead atoms. The van der Waals surface area contributed by atoms with Crippen molar-refractivity contribution in [2.45, 2.75) is 51.6 Å². The van der Waals surface area contributed by atoms with Gasteiger partial charge in [-0.15, -0.1) is 0 Å². The number of nitrogens with one attached hydrogen (secondary N) is 1. The fourth-order valence-electron chi connectivity index (χ4n) is 4.28. The van der Waals surface area contributed by atoms with Crippen LogP contribution in [0.3, 0.4) is 0 Å². The summed E-state index contributed by atoms with van der Waals surface area (Å²) >= 11 is 0. The first-order chi connectivity index (χ1) is 13.8. The van der Waals surface area contributed by atoms with Gasteiger partial charge >= 0.3 is 6.03 Å². The lowest BCUT2D eigenvalue weighted by atomic mass is 9.85. The molecule has 6 nitrogen and oxygen atoms in total. The predicted octanol–water partition coefficient (Wildman–Crippen LogP) is 3.08. The van der Waals surface area contributed by atoms with Crippen molar-refractivity contribution in [2.75, 3.05) is 38.1 Å². The maximum atomic E-state index is 13.4. The number of carbonyl (C=O) groups is 2. The lowest BCUT2D eigenvalue weighted by Crippen LogP contribution is -2.52. The smallest absolute Gasteiger partial charge is 0.321 e. The molecule has 1 aliphatic heterocycles. The van der Waals surface area contributed by atoms with E-state index in [1.165, 1.54) is 17.0 Å². The Kier molecular flexibility index (Phi) is 7.11. The number of carbonyl (C=O) groups excluding carboxylic acids is 2. The van der Waals surface area contributed by atoms with Gasteiger partial charge in [0.1, 0.15) is 5.82 Å². The number of piperazine rings is 1. The molecule has 1 aromatic carbocycles. The molecule has 2 fully saturated rings. The normalized spacial score (nSPS) is 23.1. The van der Waals surface area contributed by atoms with Crippen molar-refractivity contribution in [2.24, 2.45) is 5.92 Å². The molecule has 0 spiro atoms. The van der Waals surface area contributed by atoms with Crippen LogP contribution in [0.25, 0.3) is 0 Å². The van der Waals surface area contributed by atoms with Crippen molar-refractivity contribution < 1.29 is 14.0 Å². The van der Waals surface area contributed by atoms with E-state index < -0.39 is 0 Å². The summed E-state index contributed by atoms with van der Waals surface area (Å²) in [6.07, 6.45) is 3.20. The highest BCUT2D eigenvalue weighted by atomic mass is 19.1. The van der Waals surface area contributed by atoms with Gasteiger partial charge in [0, 0.05) is 56.9 Å². The minimum atomic E-state index is -0.365. The van der Waals surface area contributed by atoms with E-state index in [-0.39, 0.29) is 29.7 Å². The lowest BCUT2D eigenvalue weighted by Gasteiger charge is -2.39. The van der Waals surface area contributed by atoms with Gasteiger partial charge in [0.05, 0.1) is 0 Å². The fraction of sp³-hybridized carbons (Fsp3) is 0.636. The molecule has 3 amide bonds. The van der Waals surface area contributed by atoms with Gasteiger partial charge in [0.15, 0.2) is 0 Å². The first kappa shape index (κ1) is 21.6. The molecule has 0 unspecified atom stereocenters. The Balaban J connectivity index is 1.44. The van der Waals surface area contributed by atoms with Crippen LogP contribution >= 0.6 is 0 Å². The molecule has 1 N–H and O–H groups in total.